The van der Waals surface area contributed by atoms with Crippen LogP contribution in [0.1, 0.15) is 13.3 Å². The fourth-order valence-corrected chi connectivity index (χ4v) is 1.90. The van der Waals surface area contributed by atoms with Crippen molar-refractivity contribution in [3.8, 4) is 0 Å². The zero-order valence-electron chi connectivity index (χ0n) is 9.87. The van der Waals surface area contributed by atoms with Crippen LogP contribution >= 0.6 is 0 Å². The van der Waals surface area contributed by atoms with Crippen LogP contribution in [0.4, 0.5) is 20.2 Å². The Kier molecular flexibility index (Phi) is 3.47. The Hall–Kier alpha value is -1.69. The van der Waals surface area contributed by atoms with Crippen molar-refractivity contribution in [3.63, 3.8) is 0 Å². The molecule has 1 aliphatic rings. The van der Waals surface area contributed by atoms with Gasteiger partial charge in [-0.2, -0.15) is 0 Å². The SMILES string of the molecule is CC1CC(C(=O)Nc2cc(N)c(F)cc2F)CO1. The normalized spacial score (nSPS) is 23.1. The maximum atomic E-state index is 13.4. The average molecular weight is 256 g/mol. The molecule has 0 radical (unpaired) electrons. The molecular formula is C12H14F2N2O2. The summed E-state index contributed by atoms with van der Waals surface area (Å²) in [5, 5.41) is 2.40. The number of nitrogens with one attached hydrogen (secondary N) is 1. The lowest BCUT2D eigenvalue weighted by molar-refractivity contribution is -0.119. The highest BCUT2D eigenvalue weighted by molar-refractivity contribution is 5.93. The van der Waals surface area contributed by atoms with Gasteiger partial charge in [-0.3, -0.25) is 4.79 Å². The number of nitrogen functional groups attached to an aromatic ring is 1. The van der Waals surface area contributed by atoms with Gasteiger partial charge in [0.25, 0.3) is 0 Å². The maximum absolute atomic E-state index is 13.4. The Morgan fingerprint density at radius 2 is 2.17 bits per heavy atom. The summed E-state index contributed by atoms with van der Waals surface area (Å²) in [6.45, 7) is 2.18. The molecular weight excluding hydrogens is 242 g/mol. The van der Waals surface area contributed by atoms with Gasteiger partial charge in [-0.05, 0) is 19.4 Å². The Balaban J connectivity index is 2.09. The van der Waals surface area contributed by atoms with Crippen molar-refractivity contribution in [2.75, 3.05) is 17.7 Å². The van der Waals surface area contributed by atoms with Gasteiger partial charge in [0.05, 0.1) is 30.0 Å². The third kappa shape index (κ3) is 2.59. The van der Waals surface area contributed by atoms with Gasteiger partial charge in [-0.15, -0.1) is 0 Å². The van der Waals surface area contributed by atoms with Crippen molar-refractivity contribution < 1.29 is 18.3 Å². The van der Waals surface area contributed by atoms with Crippen LogP contribution in [-0.2, 0) is 9.53 Å². The van der Waals surface area contributed by atoms with Crippen molar-refractivity contribution in [3.05, 3.63) is 23.8 Å². The van der Waals surface area contributed by atoms with Crippen molar-refractivity contribution in [1.29, 1.82) is 0 Å². The fourth-order valence-electron chi connectivity index (χ4n) is 1.90. The van der Waals surface area contributed by atoms with E-state index in [1.54, 1.807) is 0 Å². The third-order valence-electron chi connectivity index (χ3n) is 2.91. The largest absolute Gasteiger partial charge is 0.396 e. The number of hydrogen-bond acceptors (Lipinski definition) is 3. The van der Waals surface area contributed by atoms with Crippen molar-refractivity contribution in [1.82, 2.24) is 0 Å². The first-order chi connectivity index (χ1) is 8.47. The van der Waals surface area contributed by atoms with E-state index >= 15 is 0 Å². The van der Waals surface area contributed by atoms with Crippen LogP contribution in [0.2, 0.25) is 0 Å². The van der Waals surface area contributed by atoms with E-state index in [4.69, 9.17) is 10.5 Å². The number of rotatable bonds is 2. The second-order valence-electron chi connectivity index (χ2n) is 4.42. The Labute approximate surface area is 103 Å². The number of nitrogens with two attached hydrogens (primary N) is 1. The molecule has 2 rings (SSSR count). The zero-order valence-corrected chi connectivity index (χ0v) is 9.87. The van der Waals surface area contributed by atoms with Gasteiger partial charge in [-0.25, -0.2) is 8.78 Å². The standard InChI is InChI=1S/C12H14F2N2O2/c1-6-2-7(5-18-6)12(17)16-11-4-10(15)8(13)3-9(11)14/h3-4,6-7H,2,5,15H2,1H3,(H,16,17). The summed E-state index contributed by atoms with van der Waals surface area (Å²) in [5.41, 5.74) is 5.00. The number of carbonyl (C=O) groups excluding carboxylic acids is 1. The van der Waals surface area contributed by atoms with Gasteiger partial charge in [0.15, 0.2) is 0 Å². The van der Waals surface area contributed by atoms with E-state index < -0.39 is 11.6 Å². The molecule has 2 unspecified atom stereocenters. The fraction of sp³-hybridized carbons (Fsp3) is 0.417. The van der Waals surface area contributed by atoms with E-state index in [0.717, 1.165) is 6.07 Å². The first-order valence-corrected chi connectivity index (χ1v) is 5.64. The predicted octanol–water partition coefficient (Wildman–Crippen LogP) is 1.91. The Morgan fingerprint density at radius 1 is 1.44 bits per heavy atom. The number of carbonyl (C=O) groups is 1. The summed E-state index contributed by atoms with van der Waals surface area (Å²) >= 11 is 0. The smallest absolute Gasteiger partial charge is 0.229 e. The molecule has 4 nitrogen and oxygen atoms in total. The molecule has 0 aromatic heterocycles. The minimum absolute atomic E-state index is 0.0175. The van der Waals surface area contributed by atoms with Gasteiger partial charge in [0, 0.05) is 6.07 Å². The van der Waals surface area contributed by atoms with Crippen LogP contribution in [0.5, 0.6) is 0 Å². The van der Waals surface area contributed by atoms with Crippen LogP contribution in [0, 0.1) is 17.6 Å². The molecule has 2 atom stereocenters. The molecule has 18 heavy (non-hydrogen) atoms. The minimum atomic E-state index is -0.845. The highest BCUT2D eigenvalue weighted by atomic mass is 19.1. The molecule has 6 heteroatoms. The number of amides is 1. The van der Waals surface area contributed by atoms with Crippen molar-refractivity contribution in [2.45, 2.75) is 19.4 Å². The molecule has 3 N–H and O–H groups in total. The van der Waals surface area contributed by atoms with Crippen molar-refractivity contribution >= 4 is 17.3 Å². The topological polar surface area (TPSA) is 64.4 Å². The van der Waals surface area contributed by atoms with E-state index in [1.165, 1.54) is 0 Å². The molecule has 1 aromatic rings. The van der Waals surface area contributed by atoms with E-state index in [-0.39, 0.29) is 29.3 Å². The summed E-state index contributed by atoms with van der Waals surface area (Å²) in [4.78, 5) is 11.8. The summed E-state index contributed by atoms with van der Waals surface area (Å²) in [7, 11) is 0. The van der Waals surface area contributed by atoms with E-state index in [0.29, 0.717) is 19.1 Å². The Morgan fingerprint density at radius 3 is 2.78 bits per heavy atom. The van der Waals surface area contributed by atoms with Crippen LogP contribution in [0.3, 0.4) is 0 Å². The molecule has 1 amide bonds. The molecule has 1 saturated heterocycles. The quantitative estimate of drug-likeness (QED) is 0.794. The minimum Gasteiger partial charge on any atom is -0.396 e. The summed E-state index contributed by atoms with van der Waals surface area (Å²) in [6, 6.07) is 1.72. The van der Waals surface area contributed by atoms with Crippen LogP contribution in [-0.4, -0.2) is 18.6 Å². The van der Waals surface area contributed by atoms with Crippen LogP contribution < -0.4 is 11.1 Å². The maximum Gasteiger partial charge on any atom is 0.229 e. The lowest BCUT2D eigenvalue weighted by Crippen LogP contribution is -2.23. The van der Waals surface area contributed by atoms with Gasteiger partial charge in [-0.1, -0.05) is 0 Å². The molecule has 1 fully saturated rings. The zero-order chi connectivity index (χ0) is 13.3. The number of anilines is 2. The molecule has 0 aliphatic carbocycles. The van der Waals surface area contributed by atoms with Crippen molar-refractivity contribution in [2.24, 2.45) is 5.92 Å². The number of benzene rings is 1. The van der Waals surface area contributed by atoms with Crippen LogP contribution in [0.25, 0.3) is 0 Å². The number of hydrogen-bond donors (Lipinski definition) is 2. The van der Waals surface area contributed by atoms with E-state index in [9.17, 15) is 13.6 Å². The Bertz CT molecular complexity index is 479. The summed E-state index contributed by atoms with van der Waals surface area (Å²) in [5.74, 6) is -2.35. The lowest BCUT2D eigenvalue weighted by atomic mass is 10.1. The van der Waals surface area contributed by atoms with Gasteiger partial charge in [0.1, 0.15) is 11.6 Å². The third-order valence-corrected chi connectivity index (χ3v) is 2.91. The first kappa shape index (κ1) is 12.8. The monoisotopic (exact) mass is 256 g/mol. The predicted molar refractivity (Wildman–Crippen MR) is 62.9 cm³/mol. The van der Waals surface area contributed by atoms with Gasteiger partial charge < -0.3 is 15.8 Å². The van der Waals surface area contributed by atoms with E-state index in [1.807, 2.05) is 6.92 Å². The average Bonchev–Trinajstić information content (AvgIpc) is 2.73. The van der Waals surface area contributed by atoms with Crippen LogP contribution in [0.15, 0.2) is 12.1 Å². The first-order valence-electron chi connectivity index (χ1n) is 5.64. The molecule has 0 spiro atoms. The van der Waals surface area contributed by atoms with Gasteiger partial charge in [0.2, 0.25) is 5.91 Å². The highest BCUT2D eigenvalue weighted by Crippen LogP contribution is 2.24. The molecule has 1 heterocycles. The molecule has 1 aliphatic heterocycles. The van der Waals surface area contributed by atoms with E-state index in [2.05, 4.69) is 5.32 Å². The second kappa shape index (κ2) is 4.89. The summed E-state index contributed by atoms with van der Waals surface area (Å²) < 4.78 is 31.6. The molecule has 1 aromatic carbocycles. The number of ether oxygens (including phenoxy) is 1. The molecule has 98 valence electrons. The second-order valence-corrected chi connectivity index (χ2v) is 4.42. The van der Waals surface area contributed by atoms with Gasteiger partial charge >= 0.3 is 0 Å². The summed E-state index contributed by atoms with van der Waals surface area (Å²) in [6.07, 6.45) is 0.605. The molecule has 0 bridgehead atoms. The molecule has 0 saturated carbocycles. The highest BCUT2D eigenvalue weighted by Gasteiger charge is 2.28. The number of halogens is 2. The lowest BCUT2D eigenvalue weighted by Gasteiger charge is -2.11.